The van der Waals surface area contributed by atoms with E-state index >= 15 is 0 Å². The first-order valence-corrected chi connectivity index (χ1v) is 30.3. The Morgan fingerprint density at radius 2 is 0.769 bits per heavy atom. The molecule has 78 heavy (non-hydrogen) atoms. The highest BCUT2D eigenvalue weighted by molar-refractivity contribution is 7.29. The van der Waals surface area contributed by atoms with E-state index in [1.807, 2.05) is 45.3 Å². The Bertz CT molecular complexity index is 4210. The number of anilines is 6. The molecule has 13 aromatic rings. The largest absolute Gasteiger partial charge is 0.302 e. The van der Waals surface area contributed by atoms with Gasteiger partial charge < -0.3 is 9.80 Å². The van der Waals surface area contributed by atoms with Crippen molar-refractivity contribution in [3.8, 4) is 43.1 Å². The molecule has 15 rings (SSSR count). The molecular formula is C71H55BN2S4. The molecule has 0 spiro atoms. The summed E-state index contributed by atoms with van der Waals surface area (Å²) in [5.74, 6) is 0. The van der Waals surface area contributed by atoms with Gasteiger partial charge in [-0.1, -0.05) is 187 Å². The lowest BCUT2D eigenvalue weighted by Gasteiger charge is -2.43. The van der Waals surface area contributed by atoms with Crippen LogP contribution in [-0.2, 0) is 10.8 Å². The van der Waals surface area contributed by atoms with Gasteiger partial charge in [-0.05, 0) is 155 Å². The second-order valence-corrected chi connectivity index (χ2v) is 27.6. The van der Waals surface area contributed by atoms with E-state index in [1.165, 1.54) is 149 Å². The highest BCUT2D eigenvalue weighted by Gasteiger charge is 2.48. The summed E-state index contributed by atoms with van der Waals surface area (Å²) in [5.41, 5.74) is 20.1. The van der Waals surface area contributed by atoms with Crippen molar-refractivity contribution in [1.29, 1.82) is 0 Å². The fourth-order valence-electron chi connectivity index (χ4n) is 12.3. The Labute approximate surface area is 473 Å². The number of nitrogens with zero attached hydrogens (tertiary/aromatic N) is 2. The van der Waals surface area contributed by atoms with E-state index < -0.39 is 0 Å². The minimum Gasteiger partial charge on any atom is -0.302 e. The van der Waals surface area contributed by atoms with Crippen molar-refractivity contribution in [2.75, 3.05) is 9.80 Å². The number of hydrogen-bond acceptors (Lipinski definition) is 6. The Morgan fingerprint density at radius 1 is 0.346 bits per heavy atom. The first-order chi connectivity index (χ1) is 37.8. The summed E-state index contributed by atoms with van der Waals surface area (Å²) in [6, 6.07) is 78.7. The van der Waals surface area contributed by atoms with Crippen LogP contribution < -0.4 is 26.2 Å². The summed E-state index contributed by atoms with van der Waals surface area (Å²) in [6.07, 6.45) is 0. The molecule has 6 heterocycles. The van der Waals surface area contributed by atoms with Gasteiger partial charge in [-0.25, -0.2) is 0 Å². The van der Waals surface area contributed by atoms with Gasteiger partial charge in [-0.15, -0.1) is 45.3 Å². The van der Waals surface area contributed by atoms with E-state index in [1.54, 1.807) is 0 Å². The third-order valence-electron chi connectivity index (χ3n) is 16.2. The molecule has 0 saturated heterocycles. The summed E-state index contributed by atoms with van der Waals surface area (Å²) < 4.78 is 5.23. The van der Waals surface area contributed by atoms with Crippen LogP contribution in [0.3, 0.4) is 0 Å². The number of rotatable bonds is 6. The Morgan fingerprint density at radius 3 is 1.19 bits per heavy atom. The molecule has 2 aliphatic rings. The minimum atomic E-state index is -0.0575. The topological polar surface area (TPSA) is 6.48 Å². The smallest absolute Gasteiger partial charge is 0.256 e. The van der Waals surface area contributed by atoms with E-state index in [-0.39, 0.29) is 17.5 Å². The van der Waals surface area contributed by atoms with Crippen LogP contribution in [0.15, 0.2) is 206 Å². The van der Waals surface area contributed by atoms with Crippen LogP contribution in [0, 0.1) is 6.92 Å². The van der Waals surface area contributed by atoms with Crippen LogP contribution >= 0.6 is 45.3 Å². The maximum Gasteiger partial charge on any atom is 0.256 e. The molecule has 7 heteroatoms. The molecule has 0 unspecified atom stereocenters. The van der Waals surface area contributed by atoms with Crippen LogP contribution in [0.5, 0.6) is 0 Å². The quantitative estimate of drug-likeness (QED) is 0.153. The molecule has 0 bridgehead atoms. The zero-order valence-electron chi connectivity index (χ0n) is 44.7. The van der Waals surface area contributed by atoms with Crippen molar-refractivity contribution in [2.45, 2.75) is 59.3 Å². The average molecular weight is 1080 g/mol. The lowest BCUT2D eigenvalue weighted by molar-refractivity contribution is 0.591. The zero-order valence-corrected chi connectivity index (χ0v) is 48.0. The number of hydrogen-bond donors (Lipinski definition) is 0. The Kier molecular flexibility index (Phi) is 10.9. The number of benzene rings is 9. The minimum absolute atomic E-state index is 0.0465. The van der Waals surface area contributed by atoms with Crippen LogP contribution in [0.25, 0.3) is 83.5 Å². The lowest BCUT2D eigenvalue weighted by atomic mass is 9.33. The van der Waals surface area contributed by atoms with Gasteiger partial charge >= 0.3 is 0 Å². The van der Waals surface area contributed by atoms with Gasteiger partial charge in [0, 0.05) is 51.1 Å². The van der Waals surface area contributed by atoms with Crippen LogP contribution in [-0.4, -0.2) is 6.71 Å². The molecular weight excluding hydrogens is 1020 g/mol. The van der Waals surface area contributed by atoms with Crippen LogP contribution in [0.4, 0.5) is 32.8 Å². The van der Waals surface area contributed by atoms with Crippen LogP contribution in [0.1, 0.15) is 58.2 Å². The van der Waals surface area contributed by atoms with Gasteiger partial charge in [0.1, 0.15) is 0 Å². The molecule has 4 aromatic heterocycles. The third-order valence-corrected chi connectivity index (χ3v) is 20.9. The standard InChI is InChI=1S/C71H55BN2S4/c1-42-34-57-67-58(35-42)74(56-37-48(27-31-52(56)44-20-12-9-13-21-44)64-39-46-23-15-17-25-60(46)76-64)69-66(54-41-50(71(5,6)7)29-33-62(54)78-69)72(67)65-53-40-49(70(2,3)4)28-32-61(53)77-68(65)73(57)55-36-47(26-30-51(55)43-18-10-8-11-19-43)63-38-45-22-14-16-24-59(45)75-63/h8-41H,1-7H3. The Hall–Kier alpha value is -7.52. The first-order valence-electron chi connectivity index (χ1n) is 27.1. The van der Waals surface area contributed by atoms with Gasteiger partial charge in [0.25, 0.3) is 6.71 Å². The third kappa shape index (κ3) is 7.61. The Balaban J connectivity index is 1.09. The molecule has 0 aliphatic carbocycles. The van der Waals surface area contributed by atoms with Crippen molar-refractivity contribution in [3.05, 3.63) is 223 Å². The molecule has 2 nitrogen and oxygen atoms in total. The van der Waals surface area contributed by atoms with Gasteiger partial charge in [0.15, 0.2) is 0 Å². The molecule has 0 N–H and O–H groups in total. The fourth-order valence-corrected chi connectivity index (χ4v) is 16.9. The lowest BCUT2D eigenvalue weighted by Crippen LogP contribution is -2.60. The summed E-state index contributed by atoms with van der Waals surface area (Å²) in [7, 11) is 0. The number of thiophene rings is 4. The highest BCUT2D eigenvalue weighted by Crippen LogP contribution is 2.55. The molecule has 0 atom stereocenters. The van der Waals surface area contributed by atoms with Crippen molar-refractivity contribution >= 4 is 142 Å². The van der Waals surface area contributed by atoms with Gasteiger partial charge in [-0.3, -0.25) is 0 Å². The predicted molar refractivity (Wildman–Crippen MR) is 346 cm³/mol. The number of aryl methyl sites for hydroxylation is 1. The fraction of sp³-hybridized carbons (Fsp3) is 0.127. The second kappa shape index (κ2) is 17.8. The van der Waals surface area contributed by atoms with E-state index in [9.17, 15) is 0 Å². The maximum atomic E-state index is 2.70. The SMILES string of the molecule is Cc1cc2c3c(c1)N(c1cc(-c4cc5ccccc5s4)ccc1-c1ccccc1)c1sc4ccc(C(C)(C)C)cc4c1B3c1c(sc3ccc(C(C)(C)C)cc13)N2c1cc(-c2cc3ccccc3s2)ccc1-c1ccccc1. The average Bonchev–Trinajstić information content (AvgIpc) is 4.44. The summed E-state index contributed by atoms with van der Waals surface area (Å²) in [4.78, 5) is 7.93. The molecule has 2 aliphatic heterocycles. The van der Waals surface area contributed by atoms with Crippen molar-refractivity contribution in [3.63, 3.8) is 0 Å². The highest BCUT2D eigenvalue weighted by atomic mass is 32.1. The van der Waals surface area contributed by atoms with Crippen molar-refractivity contribution < 1.29 is 0 Å². The van der Waals surface area contributed by atoms with Crippen molar-refractivity contribution in [2.24, 2.45) is 0 Å². The maximum absolute atomic E-state index is 2.70. The monoisotopic (exact) mass is 1070 g/mol. The van der Waals surface area contributed by atoms with Gasteiger partial charge in [-0.2, -0.15) is 0 Å². The molecule has 0 radical (unpaired) electrons. The first kappa shape index (κ1) is 47.7. The zero-order chi connectivity index (χ0) is 52.8. The molecule has 9 aromatic carbocycles. The molecule has 0 fully saturated rings. The van der Waals surface area contributed by atoms with E-state index in [4.69, 9.17) is 0 Å². The normalized spacial score (nSPS) is 13.2. The molecule has 0 saturated carbocycles. The van der Waals surface area contributed by atoms with Gasteiger partial charge in [0.2, 0.25) is 0 Å². The van der Waals surface area contributed by atoms with E-state index in [0.29, 0.717) is 0 Å². The van der Waals surface area contributed by atoms with E-state index in [0.717, 1.165) is 0 Å². The summed E-state index contributed by atoms with van der Waals surface area (Å²) in [5, 5.41) is 7.83. The van der Waals surface area contributed by atoms with E-state index in [2.05, 4.69) is 265 Å². The van der Waals surface area contributed by atoms with Crippen molar-refractivity contribution in [1.82, 2.24) is 0 Å². The second-order valence-electron chi connectivity index (χ2n) is 23.4. The summed E-state index contributed by atoms with van der Waals surface area (Å²) in [6.45, 7) is 16.4. The molecule has 376 valence electrons. The number of fused-ring (bicyclic) bond motifs is 10. The predicted octanol–water partition coefficient (Wildman–Crippen LogP) is 20.2. The molecule has 0 amide bonds. The van der Waals surface area contributed by atoms with Crippen LogP contribution in [0.2, 0.25) is 0 Å². The summed E-state index contributed by atoms with van der Waals surface area (Å²) >= 11 is 7.67. The van der Waals surface area contributed by atoms with Gasteiger partial charge in [0.05, 0.1) is 21.4 Å².